The van der Waals surface area contributed by atoms with Gasteiger partial charge in [-0.1, -0.05) is 224 Å². The van der Waals surface area contributed by atoms with Gasteiger partial charge in [-0.3, -0.25) is 0 Å². The van der Waals surface area contributed by atoms with Crippen LogP contribution in [0.4, 0.5) is 17.1 Å². The molecule has 320 valence electrons. The van der Waals surface area contributed by atoms with E-state index in [1.54, 1.807) is 0 Å². The quantitative estimate of drug-likeness (QED) is 0.133. The maximum atomic E-state index is 2.47. The van der Waals surface area contributed by atoms with Crippen molar-refractivity contribution in [1.82, 2.24) is 4.57 Å². The molecule has 2 nitrogen and oxygen atoms in total. The molecule has 0 unspecified atom stereocenters. The minimum absolute atomic E-state index is 1.06. The Morgan fingerprint density at radius 1 is 0.221 bits per heavy atom. The molecule has 12 rings (SSSR count). The van der Waals surface area contributed by atoms with Gasteiger partial charge in [0.2, 0.25) is 0 Å². The summed E-state index contributed by atoms with van der Waals surface area (Å²) in [4.78, 5) is 2.42. The van der Waals surface area contributed by atoms with E-state index < -0.39 is 0 Å². The summed E-state index contributed by atoms with van der Waals surface area (Å²) in [6, 6.07) is 101. The first-order valence-electron chi connectivity index (χ1n) is 23.3. The molecule has 68 heavy (non-hydrogen) atoms. The molecule has 1 aromatic heterocycles. The number of nitrogens with zero attached hydrogens (tertiary/aromatic N) is 2. The number of aromatic nitrogens is 1. The van der Waals surface area contributed by atoms with Gasteiger partial charge in [0.15, 0.2) is 0 Å². The van der Waals surface area contributed by atoms with E-state index in [1.165, 1.54) is 72.0 Å². The fourth-order valence-electron chi connectivity index (χ4n) is 10.1. The van der Waals surface area contributed by atoms with E-state index >= 15 is 0 Å². The van der Waals surface area contributed by atoms with Crippen LogP contribution >= 0.6 is 0 Å². The van der Waals surface area contributed by atoms with Crippen molar-refractivity contribution in [3.8, 4) is 72.4 Å². The predicted octanol–water partition coefficient (Wildman–Crippen LogP) is 18.3. The number of fused-ring (bicyclic) bond motifs is 3. The monoisotopic (exact) mass is 866 g/mol. The molecular weight excluding hydrogens is 821 g/mol. The fourth-order valence-corrected chi connectivity index (χ4v) is 10.1. The zero-order valence-electron chi connectivity index (χ0n) is 37.5. The minimum atomic E-state index is 1.06. The molecule has 0 spiro atoms. The van der Waals surface area contributed by atoms with Gasteiger partial charge in [0.25, 0.3) is 0 Å². The van der Waals surface area contributed by atoms with Gasteiger partial charge >= 0.3 is 0 Å². The fraction of sp³-hybridized carbons (Fsp3) is 0. The van der Waals surface area contributed by atoms with Crippen LogP contribution in [-0.2, 0) is 0 Å². The second-order valence-electron chi connectivity index (χ2n) is 17.2. The van der Waals surface area contributed by atoms with Gasteiger partial charge in [-0.25, -0.2) is 0 Å². The first-order chi connectivity index (χ1) is 33.8. The maximum Gasteiger partial charge on any atom is 0.0562 e. The lowest BCUT2D eigenvalue weighted by atomic mass is 9.86. The Kier molecular flexibility index (Phi) is 10.6. The molecule has 0 radical (unpaired) electrons. The van der Waals surface area contributed by atoms with Gasteiger partial charge in [0, 0.05) is 33.4 Å². The Labute approximate surface area is 397 Å². The summed E-state index contributed by atoms with van der Waals surface area (Å²) in [6.45, 7) is 0. The van der Waals surface area contributed by atoms with Crippen LogP contribution < -0.4 is 4.90 Å². The molecule has 0 amide bonds. The van der Waals surface area contributed by atoms with E-state index in [2.05, 4.69) is 289 Å². The van der Waals surface area contributed by atoms with Crippen molar-refractivity contribution in [2.45, 2.75) is 0 Å². The lowest BCUT2D eigenvalue weighted by Gasteiger charge is -2.27. The normalized spacial score (nSPS) is 11.2. The average Bonchev–Trinajstić information content (AvgIpc) is 3.75. The molecular formula is C66H46N2. The summed E-state index contributed by atoms with van der Waals surface area (Å²) >= 11 is 0. The zero-order chi connectivity index (χ0) is 45.2. The second kappa shape index (κ2) is 17.8. The number of hydrogen-bond donors (Lipinski definition) is 0. The van der Waals surface area contributed by atoms with E-state index in [0.29, 0.717) is 0 Å². The van der Waals surface area contributed by atoms with Crippen molar-refractivity contribution < 1.29 is 0 Å². The SMILES string of the molecule is c1ccc(-c2ccc(-n3c4ccccc4c4ccc(N(c5ccccc5)c5ccc(-c6ccccc6-c6ccccc6)c(-c6ccccc6-c6ccccc6)c5)cc43)c(-c3ccccc3)c2)cc1. The van der Waals surface area contributed by atoms with E-state index in [-0.39, 0.29) is 0 Å². The highest BCUT2D eigenvalue weighted by molar-refractivity contribution is 6.11. The highest BCUT2D eigenvalue weighted by Crippen LogP contribution is 2.47. The maximum absolute atomic E-state index is 2.47. The van der Waals surface area contributed by atoms with Crippen molar-refractivity contribution in [1.29, 1.82) is 0 Å². The molecule has 0 aliphatic heterocycles. The Morgan fingerprint density at radius 3 is 1.28 bits per heavy atom. The van der Waals surface area contributed by atoms with Gasteiger partial charge in [0.05, 0.1) is 16.7 Å². The third kappa shape index (κ3) is 7.45. The van der Waals surface area contributed by atoms with Crippen LogP contribution in [0.3, 0.4) is 0 Å². The molecule has 0 aliphatic carbocycles. The number of rotatable bonds is 10. The summed E-state index contributed by atoms with van der Waals surface area (Å²) in [7, 11) is 0. The van der Waals surface area contributed by atoms with E-state index in [9.17, 15) is 0 Å². The van der Waals surface area contributed by atoms with E-state index in [0.717, 1.165) is 39.3 Å². The van der Waals surface area contributed by atoms with Crippen LogP contribution in [0.5, 0.6) is 0 Å². The van der Waals surface area contributed by atoms with Crippen LogP contribution in [0.2, 0.25) is 0 Å². The van der Waals surface area contributed by atoms with E-state index in [1.807, 2.05) is 0 Å². The summed E-state index contributed by atoms with van der Waals surface area (Å²) in [5.74, 6) is 0. The minimum Gasteiger partial charge on any atom is -0.310 e. The summed E-state index contributed by atoms with van der Waals surface area (Å²) in [6.07, 6.45) is 0. The highest BCUT2D eigenvalue weighted by Gasteiger charge is 2.22. The second-order valence-corrected chi connectivity index (χ2v) is 17.2. The zero-order valence-corrected chi connectivity index (χ0v) is 37.5. The molecule has 1 heterocycles. The van der Waals surface area contributed by atoms with Crippen molar-refractivity contribution >= 4 is 38.9 Å². The molecule has 12 aromatic rings. The molecule has 0 saturated carbocycles. The molecule has 0 aliphatic rings. The van der Waals surface area contributed by atoms with Gasteiger partial charge in [-0.05, 0) is 116 Å². The van der Waals surface area contributed by atoms with Crippen LogP contribution in [0, 0.1) is 0 Å². The molecule has 0 saturated heterocycles. The van der Waals surface area contributed by atoms with Crippen LogP contribution in [-0.4, -0.2) is 4.57 Å². The Balaban J connectivity index is 1.10. The number of para-hydroxylation sites is 2. The number of benzene rings is 11. The van der Waals surface area contributed by atoms with Gasteiger partial charge in [0.1, 0.15) is 0 Å². The third-order valence-corrected chi connectivity index (χ3v) is 13.2. The topological polar surface area (TPSA) is 8.17 Å². The molecule has 0 atom stereocenters. The third-order valence-electron chi connectivity index (χ3n) is 13.2. The van der Waals surface area contributed by atoms with Crippen LogP contribution in [0.25, 0.3) is 94.3 Å². The lowest BCUT2D eigenvalue weighted by molar-refractivity contribution is 1.18. The van der Waals surface area contributed by atoms with Crippen LogP contribution in [0.15, 0.2) is 279 Å². The molecule has 0 N–H and O–H groups in total. The molecule has 0 bridgehead atoms. The van der Waals surface area contributed by atoms with Crippen molar-refractivity contribution in [3.63, 3.8) is 0 Å². The molecule has 2 heteroatoms. The standard InChI is InChI=1S/C66H46N2/c1-6-22-47(23-7-1)51-38-43-65(62(44-51)50-28-12-4-13-29-50)68-64-37-21-20-36-60(64)61-42-40-54(46-66(61)68)67(52-30-14-5-15-31-52)53-39-41-59(57-34-18-16-32-55(57)48-24-8-2-9-25-48)63(45-53)58-35-19-17-33-56(58)49-26-10-3-11-27-49/h1-46H. The summed E-state index contributed by atoms with van der Waals surface area (Å²) in [5, 5.41) is 2.42. The first-order valence-corrected chi connectivity index (χ1v) is 23.3. The Hall–Kier alpha value is -8.98. The van der Waals surface area contributed by atoms with Crippen molar-refractivity contribution in [2.24, 2.45) is 0 Å². The Bertz CT molecular complexity index is 3710. The van der Waals surface area contributed by atoms with E-state index in [4.69, 9.17) is 0 Å². The van der Waals surface area contributed by atoms with Gasteiger partial charge < -0.3 is 9.47 Å². The highest BCUT2D eigenvalue weighted by atomic mass is 15.1. The van der Waals surface area contributed by atoms with Gasteiger partial charge in [-0.2, -0.15) is 0 Å². The average molecular weight is 867 g/mol. The number of anilines is 3. The molecule has 0 fully saturated rings. The molecule has 11 aromatic carbocycles. The van der Waals surface area contributed by atoms with Crippen molar-refractivity contribution in [2.75, 3.05) is 4.90 Å². The summed E-state index contributed by atoms with van der Waals surface area (Å²) in [5.41, 5.74) is 20.8. The summed E-state index contributed by atoms with van der Waals surface area (Å²) < 4.78 is 2.47. The largest absolute Gasteiger partial charge is 0.310 e. The lowest BCUT2D eigenvalue weighted by Crippen LogP contribution is -2.10. The predicted molar refractivity (Wildman–Crippen MR) is 288 cm³/mol. The number of hydrogen-bond acceptors (Lipinski definition) is 1. The van der Waals surface area contributed by atoms with Crippen molar-refractivity contribution in [3.05, 3.63) is 279 Å². The van der Waals surface area contributed by atoms with Gasteiger partial charge in [-0.15, -0.1) is 0 Å². The first kappa shape index (κ1) is 40.5. The smallest absolute Gasteiger partial charge is 0.0562 e. The van der Waals surface area contributed by atoms with Crippen LogP contribution in [0.1, 0.15) is 0 Å². The Morgan fingerprint density at radius 2 is 0.662 bits per heavy atom.